The molecule has 6 heteroatoms. The van der Waals surface area contributed by atoms with Gasteiger partial charge in [0.25, 0.3) is 5.91 Å². The zero-order chi connectivity index (χ0) is 19.6. The number of carbonyl (C=O) groups excluding carboxylic acids is 2. The van der Waals surface area contributed by atoms with Gasteiger partial charge in [-0.3, -0.25) is 4.79 Å². The van der Waals surface area contributed by atoms with E-state index in [4.69, 9.17) is 14.2 Å². The summed E-state index contributed by atoms with van der Waals surface area (Å²) in [4.78, 5) is 24.0. The Bertz CT molecular complexity index is 702. The standard InChI is InChI=1S/C21H29NO5/c1-12(2)16-7-5-13(3)9-19(16)27-21(24)14(4)26-15-6-8-18-17(10-15)22-20(23)11-25-18/h6,8,10,12-14,16,19H,5,7,9,11H2,1-4H3,(H,22,23). The average Bonchev–Trinajstić information content (AvgIpc) is 2.61. The van der Waals surface area contributed by atoms with Gasteiger partial charge in [-0.25, -0.2) is 4.79 Å². The second kappa shape index (κ2) is 8.19. The molecule has 0 saturated heterocycles. The Kier molecular flexibility index (Phi) is 5.92. The molecule has 1 N–H and O–H groups in total. The van der Waals surface area contributed by atoms with Gasteiger partial charge in [-0.15, -0.1) is 0 Å². The molecule has 0 aromatic heterocycles. The molecule has 148 valence electrons. The lowest BCUT2D eigenvalue weighted by molar-refractivity contribution is -0.163. The summed E-state index contributed by atoms with van der Waals surface area (Å²) in [5.74, 6) is 1.97. The fraction of sp³-hybridized carbons (Fsp3) is 0.619. The molecule has 1 saturated carbocycles. The van der Waals surface area contributed by atoms with E-state index in [1.807, 2.05) is 0 Å². The van der Waals surface area contributed by atoms with Crippen LogP contribution in [0.2, 0.25) is 0 Å². The van der Waals surface area contributed by atoms with E-state index in [2.05, 4.69) is 26.1 Å². The predicted molar refractivity (Wildman–Crippen MR) is 102 cm³/mol. The summed E-state index contributed by atoms with van der Waals surface area (Å²) in [6.45, 7) is 8.27. The predicted octanol–water partition coefficient (Wildman–Crippen LogP) is 3.79. The van der Waals surface area contributed by atoms with Gasteiger partial charge in [0.15, 0.2) is 12.7 Å². The van der Waals surface area contributed by atoms with E-state index in [0.29, 0.717) is 34.9 Å². The number of benzene rings is 1. The molecule has 1 aliphatic carbocycles. The highest BCUT2D eigenvalue weighted by atomic mass is 16.6. The number of amides is 1. The second-order valence-corrected chi connectivity index (χ2v) is 8.06. The molecule has 1 fully saturated rings. The van der Waals surface area contributed by atoms with E-state index < -0.39 is 6.10 Å². The Hall–Kier alpha value is -2.24. The van der Waals surface area contributed by atoms with E-state index in [9.17, 15) is 9.59 Å². The third kappa shape index (κ3) is 4.73. The van der Waals surface area contributed by atoms with E-state index in [0.717, 1.165) is 12.8 Å². The van der Waals surface area contributed by atoms with Crippen LogP contribution >= 0.6 is 0 Å². The first-order chi connectivity index (χ1) is 12.8. The van der Waals surface area contributed by atoms with Crippen molar-refractivity contribution in [3.63, 3.8) is 0 Å². The molecule has 4 unspecified atom stereocenters. The summed E-state index contributed by atoms with van der Waals surface area (Å²) in [5.41, 5.74) is 0.547. The lowest BCUT2D eigenvalue weighted by Gasteiger charge is -2.37. The van der Waals surface area contributed by atoms with Gasteiger partial charge in [0, 0.05) is 6.07 Å². The van der Waals surface area contributed by atoms with E-state index in [1.165, 1.54) is 6.42 Å². The fourth-order valence-corrected chi connectivity index (χ4v) is 3.88. The zero-order valence-electron chi connectivity index (χ0n) is 16.5. The number of carbonyl (C=O) groups is 2. The number of rotatable bonds is 5. The maximum Gasteiger partial charge on any atom is 0.347 e. The number of ether oxygens (including phenoxy) is 3. The van der Waals surface area contributed by atoms with Gasteiger partial charge in [-0.2, -0.15) is 0 Å². The van der Waals surface area contributed by atoms with Crippen molar-refractivity contribution in [1.29, 1.82) is 0 Å². The highest BCUT2D eigenvalue weighted by molar-refractivity contribution is 5.95. The molecule has 0 radical (unpaired) electrons. The molecule has 1 amide bonds. The lowest BCUT2D eigenvalue weighted by atomic mass is 9.75. The molecule has 1 aromatic carbocycles. The molecular weight excluding hydrogens is 346 g/mol. The number of esters is 1. The third-order valence-electron chi connectivity index (χ3n) is 5.46. The highest BCUT2D eigenvalue weighted by Gasteiger charge is 2.34. The molecule has 1 aromatic rings. The molecule has 0 bridgehead atoms. The maximum absolute atomic E-state index is 12.6. The van der Waals surface area contributed by atoms with Crippen molar-refractivity contribution in [1.82, 2.24) is 0 Å². The summed E-state index contributed by atoms with van der Waals surface area (Å²) in [5, 5.41) is 2.73. The van der Waals surface area contributed by atoms with Crippen LogP contribution in [0.4, 0.5) is 5.69 Å². The summed E-state index contributed by atoms with van der Waals surface area (Å²) >= 11 is 0. The Morgan fingerprint density at radius 2 is 2.04 bits per heavy atom. The molecule has 0 spiro atoms. The molecule has 4 atom stereocenters. The first kappa shape index (κ1) is 19.5. The molecule has 1 heterocycles. The van der Waals surface area contributed by atoms with E-state index >= 15 is 0 Å². The summed E-state index contributed by atoms with van der Waals surface area (Å²) < 4.78 is 16.9. The second-order valence-electron chi connectivity index (χ2n) is 8.06. The zero-order valence-corrected chi connectivity index (χ0v) is 16.5. The third-order valence-corrected chi connectivity index (χ3v) is 5.46. The van der Waals surface area contributed by atoms with Gasteiger partial charge in [0.2, 0.25) is 0 Å². The van der Waals surface area contributed by atoms with E-state index in [-0.39, 0.29) is 24.6 Å². The smallest absolute Gasteiger partial charge is 0.347 e. The van der Waals surface area contributed by atoms with Gasteiger partial charge in [0.1, 0.15) is 17.6 Å². The Balaban J connectivity index is 1.62. The van der Waals surface area contributed by atoms with Crippen molar-refractivity contribution in [2.45, 2.75) is 59.2 Å². The van der Waals surface area contributed by atoms with Crippen molar-refractivity contribution in [3.05, 3.63) is 18.2 Å². The Morgan fingerprint density at radius 1 is 1.26 bits per heavy atom. The average molecular weight is 375 g/mol. The number of fused-ring (bicyclic) bond motifs is 1. The number of anilines is 1. The lowest BCUT2D eigenvalue weighted by Crippen LogP contribution is -2.39. The van der Waals surface area contributed by atoms with Crippen LogP contribution in [0.25, 0.3) is 0 Å². The largest absolute Gasteiger partial charge is 0.482 e. The van der Waals surface area contributed by atoms with Gasteiger partial charge in [0.05, 0.1) is 5.69 Å². The van der Waals surface area contributed by atoms with Gasteiger partial charge >= 0.3 is 5.97 Å². The topological polar surface area (TPSA) is 73.9 Å². The van der Waals surface area contributed by atoms with Crippen LogP contribution in [0.1, 0.15) is 47.0 Å². The van der Waals surface area contributed by atoms with Crippen LogP contribution in [0, 0.1) is 17.8 Å². The van der Waals surface area contributed by atoms with Crippen LogP contribution in [0.15, 0.2) is 18.2 Å². The SMILES string of the molecule is CC1CCC(C(C)C)C(OC(=O)C(C)Oc2ccc3c(c2)NC(=O)CO3)C1. The van der Waals surface area contributed by atoms with Crippen LogP contribution in [0.3, 0.4) is 0 Å². The van der Waals surface area contributed by atoms with Crippen molar-refractivity contribution >= 4 is 17.6 Å². The molecule has 1 aliphatic heterocycles. The summed E-state index contributed by atoms with van der Waals surface area (Å²) in [6, 6.07) is 5.11. The highest BCUT2D eigenvalue weighted by Crippen LogP contribution is 2.36. The first-order valence-electron chi connectivity index (χ1n) is 9.77. The Morgan fingerprint density at radius 3 is 2.78 bits per heavy atom. The molecular formula is C21H29NO5. The normalized spacial score (nSPS) is 25.8. The van der Waals surface area contributed by atoms with Crippen molar-refractivity contribution < 1.29 is 23.8 Å². The minimum absolute atomic E-state index is 0.00671. The van der Waals surface area contributed by atoms with Crippen LogP contribution in [0.5, 0.6) is 11.5 Å². The van der Waals surface area contributed by atoms with Crippen molar-refractivity contribution in [3.8, 4) is 11.5 Å². The minimum Gasteiger partial charge on any atom is -0.482 e. The summed E-state index contributed by atoms with van der Waals surface area (Å²) in [7, 11) is 0. The van der Waals surface area contributed by atoms with Crippen molar-refractivity contribution in [2.24, 2.45) is 17.8 Å². The van der Waals surface area contributed by atoms with Crippen LogP contribution in [-0.4, -0.2) is 30.7 Å². The first-order valence-corrected chi connectivity index (χ1v) is 9.77. The molecule has 6 nitrogen and oxygen atoms in total. The molecule has 2 aliphatic rings. The van der Waals surface area contributed by atoms with Gasteiger partial charge < -0.3 is 19.5 Å². The van der Waals surface area contributed by atoms with Crippen molar-refractivity contribution in [2.75, 3.05) is 11.9 Å². The van der Waals surface area contributed by atoms with E-state index in [1.54, 1.807) is 25.1 Å². The molecule has 27 heavy (non-hydrogen) atoms. The molecule has 3 rings (SSSR count). The monoisotopic (exact) mass is 375 g/mol. The maximum atomic E-state index is 12.6. The van der Waals surface area contributed by atoms with Gasteiger partial charge in [-0.05, 0) is 49.7 Å². The number of nitrogens with one attached hydrogen (secondary N) is 1. The van der Waals surface area contributed by atoms with Gasteiger partial charge in [-0.1, -0.05) is 27.2 Å². The fourth-order valence-electron chi connectivity index (χ4n) is 3.88. The number of hydrogen-bond donors (Lipinski definition) is 1. The Labute approximate surface area is 160 Å². The number of hydrogen-bond acceptors (Lipinski definition) is 5. The van der Waals surface area contributed by atoms with Crippen LogP contribution < -0.4 is 14.8 Å². The summed E-state index contributed by atoms with van der Waals surface area (Å²) in [6.07, 6.45) is 2.41. The van der Waals surface area contributed by atoms with Crippen LogP contribution in [-0.2, 0) is 14.3 Å². The quantitative estimate of drug-likeness (QED) is 0.793. The minimum atomic E-state index is -0.728.